The molecule has 0 aromatic rings. The molecule has 0 unspecified atom stereocenters. The monoisotopic (exact) mass is 468 g/mol. The number of carbonyl (C=O) groups is 2. The molecule has 0 aliphatic rings. The van der Waals surface area contributed by atoms with E-state index >= 15 is 0 Å². The lowest BCUT2D eigenvalue weighted by atomic mass is 10.0. The first kappa shape index (κ1) is 31.9. The molecular weight excluding hydrogens is 412 g/mol. The van der Waals surface area contributed by atoms with Gasteiger partial charge in [-0.1, -0.05) is 105 Å². The van der Waals surface area contributed by atoms with Crippen LogP contribution in [0.15, 0.2) is 0 Å². The average Bonchev–Trinajstić information content (AvgIpc) is 2.82. The van der Waals surface area contributed by atoms with Crippen LogP contribution in [0.2, 0.25) is 0 Å². The quantitative estimate of drug-likeness (QED) is 0.105. The molecule has 0 heterocycles. The molecule has 0 aromatic carbocycles. The van der Waals surface area contributed by atoms with Crippen molar-refractivity contribution in [1.29, 1.82) is 0 Å². The van der Waals surface area contributed by atoms with Crippen LogP contribution < -0.4 is 0 Å². The molecule has 0 aliphatic heterocycles. The topological polar surface area (TPSA) is 52.6 Å². The summed E-state index contributed by atoms with van der Waals surface area (Å²) in [5, 5.41) is 0. The van der Waals surface area contributed by atoms with Gasteiger partial charge in [0.05, 0.1) is 6.61 Å². The zero-order valence-electron chi connectivity index (χ0n) is 22.6. The third-order valence-corrected chi connectivity index (χ3v) is 6.65. The van der Waals surface area contributed by atoms with Gasteiger partial charge in [0.1, 0.15) is 6.10 Å². The van der Waals surface area contributed by atoms with Gasteiger partial charge >= 0.3 is 11.9 Å². The van der Waals surface area contributed by atoms with Crippen molar-refractivity contribution in [2.45, 2.75) is 162 Å². The van der Waals surface area contributed by atoms with E-state index in [2.05, 4.69) is 20.8 Å². The van der Waals surface area contributed by atoms with Crippen molar-refractivity contribution < 1.29 is 19.1 Å². The van der Waals surface area contributed by atoms with E-state index in [-0.39, 0.29) is 18.0 Å². The largest absolute Gasteiger partial charge is 0.465 e. The predicted octanol–water partition coefficient (Wildman–Crippen LogP) is 8.94. The number of hydrogen-bond acceptors (Lipinski definition) is 4. The SMILES string of the molecule is CCCCCC[C@@H](CCCCCCCCCCC(=O)OC[C@H](CC)CCCC)OC(=O)CC. The van der Waals surface area contributed by atoms with Crippen molar-refractivity contribution >= 4 is 11.9 Å². The second kappa shape index (κ2) is 24.1. The normalized spacial score (nSPS) is 13.0. The molecule has 4 nitrogen and oxygen atoms in total. The van der Waals surface area contributed by atoms with E-state index in [0.29, 0.717) is 25.4 Å². The summed E-state index contributed by atoms with van der Waals surface area (Å²) in [4.78, 5) is 23.6. The van der Waals surface area contributed by atoms with Crippen LogP contribution in [0.1, 0.15) is 156 Å². The van der Waals surface area contributed by atoms with Crippen LogP contribution in [-0.2, 0) is 19.1 Å². The van der Waals surface area contributed by atoms with Crippen molar-refractivity contribution in [3.63, 3.8) is 0 Å². The molecule has 0 amide bonds. The molecule has 0 fully saturated rings. The van der Waals surface area contributed by atoms with Gasteiger partial charge < -0.3 is 9.47 Å². The molecule has 196 valence electrons. The minimum atomic E-state index is -0.0546. The standard InChI is InChI=1S/C29H56O4/c1-5-9-11-18-22-27(33-28(30)8-4)23-19-16-14-12-13-15-17-20-24-29(31)32-25-26(7-3)21-10-6-2/h26-27H,5-25H2,1-4H3/t26-,27+/m1/s1. The minimum Gasteiger partial charge on any atom is -0.465 e. The van der Waals surface area contributed by atoms with Gasteiger partial charge in [-0.05, 0) is 44.4 Å². The second-order valence-electron chi connectivity index (χ2n) is 9.78. The van der Waals surface area contributed by atoms with Crippen LogP contribution >= 0.6 is 0 Å². The molecule has 0 radical (unpaired) electrons. The molecule has 0 aliphatic carbocycles. The Hall–Kier alpha value is -1.06. The first-order valence-corrected chi connectivity index (χ1v) is 14.4. The third kappa shape index (κ3) is 21.2. The Morgan fingerprint density at radius 2 is 1.15 bits per heavy atom. The maximum atomic E-state index is 11.9. The van der Waals surface area contributed by atoms with Crippen LogP contribution in [0.3, 0.4) is 0 Å². The van der Waals surface area contributed by atoms with Crippen LogP contribution in [0.5, 0.6) is 0 Å². The summed E-state index contributed by atoms with van der Waals surface area (Å²) in [6.07, 6.45) is 22.2. The molecule has 0 bridgehead atoms. The molecule has 0 saturated carbocycles. The number of esters is 2. The molecule has 0 rings (SSSR count). The molecule has 0 saturated heterocycles. The van der Waals surface area contributed by atoms with Crippen LogP contribution in [0.4, 0.5) is 0 Å². The first-order chi connectivity index (χ1) is 16.1. The van der Waals surface area contributed by atoms with Crippen molar-refractivity contribution in [3.05, 3.63) is 0 Å². The summed E-state index contributed by atoms with van der Waals surface area (Å²) in [6.45, 7) is 9.09. The Kier molecular flexibility index (Phi) is 23.3. The van der Waals surface area contributed by atoms with Gasteiger partial charge in [-0.2, -0.15) is 0 Å². The smallest absolute Gasteiger partial charge is 0.305 e. The Morgan fingerprint density at radius 1 is 0.606 bits per heavy atom. The van der Waals surface area contributed by atoms with Crippen molar-refractivity contribution in [1.82, 2.24) is 0 Å². The summed E-state index contributed by atoms with van der Waals surface area (Å²) in [5.41, 5.74) is 0. The molecule has 33 heavy (non-hydrogen) atoms. The number of carbonyl (C=O) groups excluding carboxylic acids is 2. The van der Waals surface area contributed by atoms with Gasteiger partial charge in [0.2, 0.25) is 0 Å². The highest BCUT2D eigenvalue weighted by Crippen LogP contribution is 2.18. The molecule has 2 atom stereocenters. The highest BCUT2D eigenvalue weighted by atomic mass is 16.5. The third-order valence-electron chi connectivity index (χ3n) is 6.65. The van der Waals surface area contributed by atoms with Crippen molar-refractivity contribution in [2.75, 3.05) is 6.61 Å². The molecule has 0 N–H and O–H groups in total. The summed E-state index contributed by atoms with van der Waals surface area (Å²) < 4.78 is 11.1. The summed E-state index contributed by atoms with van der Waals surface area (Å²) in [5.74, 6) is 0.461. The van der Waals surface area contributed by atoms with Gasteiger partial charge in [0.25, 0.3) is 0 Å². The lowest BCUT2D eigenvalue weighted by Gasteiger charge is -2.17. The van der Waals surface area contributed by atoms with Crippen LogP contribution in [-0.4, -0.2) is 24.6 Å². The van der Waals surface area contributed by atoms with E-state index in [1.54, 1.807) is 0 Å². The lowest BCUT2D eigenvalue weighted by Crippen LogP contribution is -2.17. The van der Waals surface area contributed by atoms with Gasteiger partial charge in [-0.25, -0.2) is 0 Å². The van der Waals surface area contributed by atoms with E-state index < -0.39 is 0 Å². The average molecular weight is 469 g/mol. The number of unbranched alkanes of at least 4 members (excludes halogenated alkanes) is 11. The number of ether oxygens (including phenoxy) is 2. The van der Waals surface area contributed by atoms with E-state index in [1.165, 1.54) is 77.0 Å². The zero-order valence-corrected chi connectivity index (χ0v) is 22.6. The molecule has 4 heteroatoms. The maximum Gasteiger partial charge on any atom is 0.305 e. The second-order valence-corrected chi connectivity index (χ2v) is 9.78. The van der Waals surface area contributed by atoms with E-state index in [1.807, 2.05) is 6.92 Å². The van der Waals surface area contributed by atoms with E-state index in [4.69, 9.17) is 9.47 Å². The van der Waals surface area contributed by atoms with Gasteiger partial charge in [-0.15, -0.1) is 0 Å². The van der Waals surface area contributed by atoms with E-state index in [0.717, 1.165) is 38.5 Å². The van der Waals surface area contributed by atoms with Crippen molar-refractivity contribution in [2.24, 2.45) is 5.92 Å². The fourth-order valence-corrected chi connectivity index (χ4v) is 4.21. The van der Waals surface area contributed by atoms with Crippen molar-refractivity contribution in [3.8, 4) is 0 Å². The Balaban J connectivity index is 3.68. The van der Waals surface area contributed by atoms with Gasteiger partial charge in [0, 0.05) is 12.8 Å². The fourth-order valence-electron chi connectivity index (χ4n) is 4.21. The van der Waals surface area contributed by atoms with Gasteiger partial charge in [-0.3, -0.25) is 9.59 Å². The maximum absolute atomic E-state index is 11.9. The molecule has 0 aromatic heterocycles. The summed E-state index contributed by atoms with van der Waals surface area (Å²) in [7, 11) is 0. The zero-order chi connectivity index (χ0) is 24.6. The Morgan fingerprint density at radius 3 is 1.70 bits per heavy atom. The van der Waals surface area contributed by atoms with Gasteiger partial charge in [0.15, 0.2) is 0 Å². The fraction of sp³-hybridized carbons (Fsp3) is 0.931. The summed E-state index contributed by atoms with van der Waals surface area (Å²) in [6, 6.07) is 0. The number of rotatable bonds is 24. The predicted molar refractivity (Wildman–Crippen MR) is 139 cm³/mol. The molecular formula is C29H56O4. The van der Waals surface area contributed by atoms with E-state index in [9.17, 15) is 9.59 Å². The molecule has 0 spiro atoms. The Labute approximate surface area is 206 Å². The minimum absolute atomic E-state index is 0.0158. The van der Waals surface area contributed by atoms with Crippen LogP contribution in [0, 0.1) is 5.92 Å². The Bertz CT molecular complexity index is 449. The lowest BCUT2D eigenvalue weighted by molar-refractivity contribution is -0.149. The highest BCUT2D eigenvalue weighted by molar-refractivity contribution is 5.69. The highest BCUT2D eigenvalue weighted by Gasteiger charge is 2.13. The summed E-state index contributed by atoms with van der Waals surface area (Å²) >= 11 is 0. The first-order valence-electron chi connectivity index (χ1n) is 14.4. The van der Waals surface area contributed by atoms with Crippen LogP contribution in [0.25, 0.3) is 0 Å². The number of hydrogen-bond donors (Lipinski definition) is 0.